The average Bonchev–Trinajstić information content (AvgIpc) is 3.42. The summed E-state index contributed by atoms with van der Waals surface area (Å²) < 4.78 is 6.15. The number of anilines is 2. The highest BCUT2D eigenvalue weighted by molar-refractivity contribution is 6.08. The molecule has 5 rings (SSSR count). The van der Waals surface area contributed by atoms with E-state index in [0.29, 0.717) is 11.6 Å². The summed E-state index contributed by atoms with van der Waals surface area (Å²) in [6.07, 6.45) is 8.35. The summed E-state index contributed by atoms with van der Waals surface area (Å²) in [5.74, 6) is 1.06. The maximum Gasteiger partial charge on any atom is 0.235 e. The van der Waals surface area contributed by atoms with Gasteiger partial charge < -0.3 is 20.8 Å². The number of fused-ring (bicyclic) bond motifs is 2. The second-order valence-corrected chi connectivity index (χ2v) is 8.15. The van der Waals surface area contributed by atoms with Gasteiger partial charge in [0.25, 0.3) is 0 Å². The first kappa shape index (κ1) is 20.0. The number of rotatable bonds is 6. The number of aromatic nitrogens is 1. The Morgan fingerprint density at radius 3 is 2.59 bits per heavy atom. The van der Waals surface area contributed by atoms with Crippen LogP contribution >= 0.6 is 0 Å². The smallest absolute Gasteiger partial charge is 0.235 e. The summed E-state index contributed by atoms with van der Waals surface area (Å²) in [5, 5.41) is 14.2. The summed E-state index contributed by atoms with van der Waals surface area (Å²) >= 11 is 0. The molecular formula is C26H24N4O2. The maximum atomic E-state index is 13.1. The molecule has 0 bridgehead atoms. The van der Waals surface area contributed by atoms with E-state index in [1.54, 1.807) is 18.3 Å². The zero-order valence-electron chi connectivity index (χ0n) is 17.6. The van der Waals surface area contributed by atoms with E-state index in [0.717, 1.165) is 53.9 Å². The number of carbonyl (C=O) groups excluding carboxylic acids is 1. The van der Waals surface area contributed by atoms with Gasteiger partial charge in [-0.25, -0.2) is 4.98 Å². The molecule has 2 aromatic carbocycles. The highest BCUT2D eigenvalue weighted by Crippen LogP contribution is 2.52. The summed E-state index contributed by atoms with van der Waals surface area (Å²) in [6, 6.07) is 19.3. The third-order valence-corrected chi connectivity index (χ3v) is 6.21. The van der Waals surface area contributed by atoms with Crippen molar-refractivity contribution in [2.75, 3.05) is 10.6 Å². The number of ether oxygens (including phenoxy) is 1. The topological polar surface area (TPSA) is 87.1 Å². The summed E-state index contributed by atoms with van der Waals surface area (Å²) in [5.41, 5.74) is 3.69. The van der Waals surface area contributed by atoms with Crippen molar-refractivity contribution in [2.24, 2.45) is 0 Å². The van der Waals surface area contributed by atoms with Gasteiger partial charge in [-0.15, -0.1) is 0 Å². The SMILES string of the molecule is N=C/C=C(\Nc1ccccc1)c1cc(Oc2ccccn2)c2c(c1)C1(CCCC1)C(=O)N2. The molecule has 3 N–H and O–H groups in total. The monoisotopic (exact) mass is 424 g/mol. The van der Waals surface area contributed by atoms with Crippen molar-refractivity contribution in [2.45, 2.75) is 31.1 Å². The molecule has 0 radical (unpaired) electrons. The third kappa shape index (κ3) is 3.54. The molecular weight excluding hydrogens is 400 g/mol. The quantitative estimate of drug-likeness (QED) is 0.440. The standard InChI is InChI=1S/C26H24N4O2/c27-14-11-21(29-19-8-2-1-3-9-19)18-16-20-24(30-25(31)26(20)12-5-6-13-26)22(17-18)32-23-10-4-7-15-28-23/h1-4,7-11,14-17,27,29H,5-6,12-13H2,(H,30,31)/b21-11-,27-14?. The van der Waals surface area contributed by atoms with Crippen LogP contribution in [0, 0.1) is 5.41 Å². The van der Waals surface area contributed by atoms with Crippen LogP contribution in [0.5, 0.6) is 11.6 Å². The summed E-state index contributed by atoms with van der Waals surface area (Å²) in [4.78, 5) is 17.4. The van der Waals surface area contributed by atoms with Crippen molar-refractivity contribution in [1.29, 1.82) is 5.41 Å². The van der Waals surface area contributed by atoms with Crippen LogP contribution in [-0.2, 0) is 10.2 Å². The zero-order chi connectivity index (χ0) is 22.0. The molecule has 0 atom stereocenters. The Hall–Kier alpha value is -3.93. The van der Waals surface area contributed by atoms with Crippen molar-refractivity contribution >= 4 is 29.2 Å². The van der Waals surface area contributed by atoms with Crippen LogP contribution in [0.2, 0.25) is 0 Å². The number of hydrogen-bond donors (Lipinski definition) is 3. The van der Waals surface area contributed by atoms with Gasteiger partial charge in [0.1, 0.15) is 0 Å². The van der Waals surface area contributed by atoms with E-state index in [1.165, 1.54) is 6.21 Å². The van der Waals surface area contributed by atoms with Crippen LogP contribution in [-0.4, -0.2) is 17.1 Å². The molecule has 1 aliphatic carbocycles. The van der Waals surface area contributed by atoms with Gasteiger partial charge in [-0.3, -0.25) is 4.79 Å². The second-order valence-electron chi connectivity index (χ2n) is 8.15. The molecule has 1 fully saturated rings. The minimum absolute atomic E-state index is 0.0432. The molecule has 1 saturated carbocycles. The molecule has 2 aliphatic rings. The molecule has 2 heterocycles. The number of carbonyl (C=O) groups is 1. The lowest BCUT2D eigenvalue weighted by molar-refractivity contribution is -0.120. The maximum absolute atomic E-state index is 13.1. The van der Waals surface area contributed by atoms with E-state index < -0.39 is 5.41 Å². The number of para-hydroxylation sites is 1. The second kappa shape index (κ2) is 8.30. The lowest BCUT2D eigenvalue weighted by atomic mass is 9.79. The molecule has 160 valence electrons. The number of pyridine rings is 1. The van der Waals surface area contributed by atoms with Gasteiger partial charge in [0.15, 0.2) is 5.75 Å². The van der Waals surface area contributed by atoms with Gasteiger partial charge in [-0.05, 0) is 54.8 Å². The number of allylic oxidation sites excluding steroid dienone is 1. The normalized spacial score (nSPS) is 16.5. The van der Waals surface area contributed by atoms with Crippen LogP contribution in [0.1, 0.15) is 36.8 Å². The molecule has 1 spiro atoms. The Labute approximate surface area is 186 Å². The van der Waals surface area contributed by atoms with Gasteiger partial charge >= 0.3 is 0 Å². The Balaban J connectivity index is 1.64. The minimum Gasteiger partial charge on any atom is -0.437 e. The lowest BCUT2D eigenvalue weighted by Crippen LogP contribution is -2.31. The molecule has 3 aromatic rings. The number of nitrogens with one attached hydrogen (secondary N) is 3. The highest BCUT2D eigenvalue weighted by atomic mass is 16.5. The van der Waals surface area contributed by atoms with Crippen molar-refractivity contribution in [3.05, 3.63) is 84.1 Å². The predicted molar refractivity (Wildman–Crippen MR) is 126 cm³/mol. The minimum atomic E-state index is -0.518. The van der Waals surface area contributed by atoms with Crippen LogP contribution in [0.15, 0.2) is 72.9 Å². The zero-order valence-corrected chi connectivity index (χ0v) is 17.6. The van der Waals surface area contributed by atoms with Gasteiger partial charge in [-0.1, -0.05) is 37.1 Å². The molecule has 0 saturated heterocycles. The number of amides is 1. The van der Waals surface area contributed by atoms with Crippen LogP contribution < -0.4 is 15.4 Å². The molecule has 1 amide bonds. The van der Waals surface area contributed by atoms with Gasteiger partial charge in [0, 0.05) is 35.4 Å². The van der Waals surface area contributed by atoms with Gasteiger partial charge in [-0.2, -0.15) is 0 Å². The molecule has 1 aliphatic heterocycles. The first-order chi connectivity index (χ1) is 15.7. The van der Waals surface area contributed by atoms with Crippen LogP contribution in [0.25, 0.3) is 5.70 Å². The summed E-state index contributed by atoms with van der Waals surface area (Å²) in [6.45, 7) is 0. The first-order valence-electron chi connectivity index (χ1n) is 10.8. The van der Waals surface area contributed by atoms with Crippen molar-refractivity contribution < 1.29 is 9.53 Å². The lowest BCUT2D eigenvalue weighted by Gasteiger charge is -2.22. The Morgan fingerprint density at radius 2 is 1.88 bits per heavy atom. The molecule has 6 nitrogen and oxygen atoms in total. The largest absolute Gasteiger partial charge is 0.437 e. The Kier molecular flexibility index (Phi) is 5.19. The van der Waals surface area contributed by atoms with Crippen molar-refractivity contribution in [3.63, 3.8) is 0 Å². The average molecular weight is 425 g/mol. The summed E-state index contributed by atoms with van der Waals surface area (Å²) in [7, 11) is 0. The highest BCUT2D eigenvalue weighted by Gasteiger charge is 2.49. The Morgan fingerprint density at radius 1 is 1.09 bits per heavy atom. The van der Waals surface area contributed by atoms with Crippen molar-refractivity contribution in [3.8, 4) is 11.6 Å². The van der Waals surface area contributed by atoms with E-state index >= 15 is 0 Å². The van der Waals surface area contributed by atoms with Gasteiger partial charge in [0.05, 0.1) is 11.1 Å². The van der Waals surface area contributed by atoms with E-state index in [4.69, 9.17) is 10.1 Å². The molecule has 6 heteroatoms. The van der Waals surface area contributed by atoms with Crippen LogP contribution in [0.3, 0.4) is 0 Å². The number of benzene rings is 2. The van der Waals surface area contributed by atoms with E-state index in [-0.39, 0.29) is 5.91 Å². The molecule has 32 heavy (non-hydrogen) atoms. The number of hydrogen-bond acceptors (Lipinski definition) is 5. The Bertz CT molecular complexity index is 1180. The van der Waals surface area contributed by atoms with Crippen molar-refractivity contribution in [1.82, 2.24) is 4.98 Å². The third-order valence-electron chi connectivity index (χ3n) is 6.21. The first-order valence-corrected chi connectivity index (χ1v) is 10.8. The van der Waals surface area contributed by atoms with Gasteiger partial charge in [0.2, 0.25) is 11.8 Å². The van der Waals surface area contributed by atoms with E-state index in [1.807, 2.05) is 48.5 Å². The molecule has 0 unspecified atom stereocenters. The predicted octanol–water partition coefficient (Wildman–Crippen LogP) is 5.74. The number of nitrogens with zero attached hydrogens (tertiary/aromatic N) is 1. The van der Waals surface area contributed by atoms with Crippen LogP contribution in [0.4, 0.5) is 11.4 Å². The fraction of sp³-hybridized carbons (Fsp3) is 0.192. The fourth-order valence-corrected chi connectivity index (χ4v) is 4.68. The van der Waals surface area contributed by atoms with E-state index in [9.17, 15) is 4.79 Å². The van der Waals surface area contributed by atoms with E-state index in [2.05, 4.69) is 21.7 Å². The molecule has 1 aromatic heterocycles. The fourth-order valence-electron chi connectivity index (χ4n) is 4.68.